The normalized spacial score (nSPS) is 11.2. The van der Waals surface area contributed by atoms with Crippen molar-refractivity contribution in [2.45, 2.75) is 22.9 Å². The van der Waals surface area contributed by atoms with Gasteiger partial charge in [-0.3, -0.25) is 29.0 Å². The highest BCUT2D eigenvalue weighted by atomic mass is 32.2. The van der Waals surface area contributed by atoms with Crippen molar-refractivity contribution < 1.29 is 35.9 Å². The summed E-state index contributed by atoms with van der Waals surface area (Å²) in [5, 5.41) is 5.52. The Kier molecular flexibility index (Phi) is 10.9. The number of nitrogens with zero attached hydrogens (tertiary/aromatic N) is 2. The Morgan fingerprint density at radius 2 is 1.00 bits per heavy atom. The molecule has 0 aliphatic heterocycles. The van der Waals surface area contributed by atoms with Crippen molar-refractivity contribution in [3.63, 3.8) is 0 Å². The van der Waals surface area contributed by atoms with Crippen LogP contribution in [-0.4, -0.2) is 52.8 Å². The van der Waals surface area contributed by atoms with Crippen LogP contribution in [0.5, 0.6) is 11.5 Å². The van der Waals surface area contributed by atoms with Gasteiger partial charge in [-0.15, -0.1) is 0 Å². The molecule has 0 atom stereocenters. The Morgan fingerprint density at radius 3 is 1.34 bits per heavy atom. The highest BCUT2D eigenvalue weighted by molar-refractivity contribution is 7.93. The van der Waals surface area contributed by atoms with Gasteiger partial charge in [-0.2, -0.15) is 0 Å². The van der Waals surface area contributed by atoms with Gasteiger partial charge < -0.3 is 20.1 Å². The first kappa shape index (κ1) is 35.3. The molecular formula is C34H32N6O8S2. The molecule has 0 saturated carbocycles. The van der Waals surface area contributed by atoms with Crippen molar-refractivity contribution in [2.24, 2.45) is 0 Å². The molecule has 0 saturated heterocycles. The number of pyridine rings is 2. The minimum Gasteiger partial charge on any atom is -0.495 e. The molecule has 2 aromatic heterocycles. The van der Waals surface area contributed by atoms with Crippen molar-refractivity contribution in [1.29, 1.82) is 0 Å². The first-order chi connectivity index (χ1) is 24.0. The van der Waals surface area contributed by atoms with E-state index in [1.807, 2.05) is 12.1 Å². The lowest BCUT2D eigenvalue weighted by Gasteiger charge is -2.17. The Hall–Kier alpha value is -6.00. The quantitative estimate of drug-likeness (QED) is 0.131. The third kappa shape index (κ3) is 8.72. The second-order valence-corrected chi connectivity index (χ2v) is 13.9. The van der Waals surface area contributed by atoms with Gasteiger partial charge in [0.2, 0.25) is 0 Å². The largest absolute Gasteiger partial charge is 0.495 e. The zero-order valence-corrected chi connectivity index (χ0v) is 28.4. The summed E-state index contributed by atoms with van der Waals surface area (Å²) in [7, 11) is -6.41. The van der Waals surface area contributed by atoms with Crippen LogP contribution in [0, 0.1) is 0 Å². The SMILES string of the molecule is COc1cc(OC)c(S(=O)(=O)Nc2ccc(C(=O)NCc3cccnc3)cc2)cc1S(=O)(=O)Nc1ccc(C(=O)NCc2cccnc2)cc1. The number of rotatable bonds is 14. The minimum absolute atomic E-state index is 0.110. The second kappa shape index (κ2) is 15.5. The number of anilines is 2. The highest BCUT2D eigenvalue weighted by Gasteiger charge is 2.28. The maximum absolute atomic E-state index is 13.6. The van der Waals surface area contributed by atoms with E-state index in [2.05, 4.69) is 30.0 Å². The summed E-state index contributed by atoms with van der Waals surface area (Å²) in [6.45, 7) is 0.517. The number of aromatic nitrogens is 2. The standard InChI is InChI=1S/C34H32N6O8S2/c1-47-29-17-30(48-2)32(50(45,46)40-28-13-9-26(10-14-28)34(42)38-22-24-6-4-16-36-20-24)18-31(29)49(43,44)39-27-11-7-25(8-12-27)33(41)37-21-23-5-3-15-35-19-23/h3-20,39-40H,21-22H2,1-2H3,(H,37,41)(H,38,42). The van der Waals surface area contributed by atoms with E-state index in [-0.39, 0.29) is 58.9 Å². The molecule has 3 aromatic carbocycles. The lowest BCUT2D eigenvalue weighted by molar-refractivity contribution is 0.0943. The molecule has 0 spiro atoms. The maximum atomic E-state index is 13.6. The highest BCUT2D eigenvalue weighted by Crippen LogP contribution is 2.36. The lowest BCUT2D eigenvalue weighted by Crippen LogP contribution is -2.23. The summed E-state index contributed by atoms with van der Waals surface area (Å²) < 4.78 is 69.6. The fourth-order valence-electron chi connectivity index (χ4n) is 4.64. The Balaban J connectivity index is 1.31. The van der Waals surface area contributed by atoms with E-state index in [0.29, 0.717) is 0 Å². The third-order valence-electron chi connectivity index (χ3n) is 7.18. The number of benzene rings is 3. The molecule has 0 aliphatic rings. The van der Waals surface area contributed by atoms with Crippen LogP contribution < -0.4 is 29.6 Å². The van der Waals surface area contributed by atoms with E-state index in [9.17, 15) is 26.4 Å². The van der Waals surface area contributed by atoms with Gasteiger partial charge in [0.1, 0.15) is 21.3 Å². The molecule has 0 bridgehead atoms. The topological polar surface area (TPSA) is 195 Å². The number of nitrogens with one attached hydrogen (secondary N) is 4. The predicted octanol–water partition coefficient (Wildman–Crippen LogP) is 3.96. The van der Waals surface area contributed by atoms with E-state index >= 15 is 0 Å². The smallest absolute Gasteiger partial charge is 0.265 e. The first-order valence-corrected chi connectivity index (χ1v) is 17.8. The molecular weight excluding hydrogens is 685 g/mol. The number of methoxy groups -OCH3 is 2. The van der Waals surface area contributed by atoms with E-state index in [1.54, 1.807) is 36.9 Å². The van der Waals surface area contributed by atoms with Gasteiger partial charge >= 0.3 is 0 Å². The summed E-state index contributed by atoms with van der Waals surface area (Å²) in [4.78, 5) is 32.2. The molecule has 4 N–H and O–H groups in total. The van der Waals surface area contributed by atoms with Crippen LogP contribution in [0.15, 0.2) is 120 Å². The average molecular weight is 717 g/mol. The summed E-state index contributed by atoms with van der Waals surface area (Å²) >= 11 is 0. The van der Waals surface area contributed by atoms with Gasteiger partial charge in [0.05, 0.1) is 14.2 Å². The Labute approximate surface area is 289 Å². The van der Waals surface area contributed by atoms with E-state index < -0.39 is 29.8 Å². The maximum Gasteiger partial charge on any atom is 0.265 e. The van der Waals surface area contributed by atoms with Crippen LogP contribution >= 0.6 is 0 Å². The number of sulfonamides is 2. The van der Waals surface area contributed by atoms with E-state index in [4.69, 9.17) is 9.47 Å². The molecule has 16 heteroatoms. The van der Waals surface area contributed by atoms with Gasteiger partial charge in [-0.25, -0.2) is 16.8 Å². The number of carbonyl (C=O) groups is 2. The Morgan fingerprint density at radius 1 is 0.600 bits per heavy atom. The van der Waals surface area contributed by atoms with Crippen molar-refractivity contribution >= 4 is 43.2 Å². The van der Waals surface area contributed by atoms with Crippen LogP contribution in [0.4, 0.5) is 11.4 Å². The second-order valence-electron chi connectivity index (χ2n) is 10.6. The molecule has 5 aromatic rings. The molecule has 0 aliphatic carbocycles. The lowest BCUT2D eigenvalue weighted by atomic mass is 10.2. The molecule has 0 fully saturated rings. The minimum atomic E-state index is -4.44. The molecule has 5 rings (SSSR count). The molecule has 50 heavy (non-hydrogen) atoms. The number of amides is 2. The van der Waals surface area contributed by atoms with Crippen molar-refractivity contribution in [2.75, 3.05) is 23.7 Å². The first-order valence-electron chi connectivity index (χ1n) is 14.8. The average Bonchev–Trinajstić information content (AvgIpc) is 3.13. The molecule has 2 amide bonds. The molecule has 0 radical (unpaired) electrons. The van der Waals surface area contributed by atoms with E-state index in [0.717, 1.165) is 23.3 Å². The number of carbonyl (C=O) groups excluding carboxylic acids is 2. The van der Waals surface area contributed by atoms with Crippen LogP contribution in [0.25, 0.3) is 0 Å². The molecule has 258 valence electrons. The number of hydrogen-bond acceptors (Lipinski definition) is 10. The van der Waals surface area contributed by atoms with Crippen LogP contribution in [0.1, 0.15) is 31.8 Å². The zero-order valence-electron chi connectivity index (χ0n) is 26.8. The fourth-order valence-corrected chi connectivity index (χ4v) is 7.18. The van der Waals surface area contributed by atoms with Crippen molar-refractivity contribution in [3.05, 3.63) is 132 Å². The van der Waals surface area contributed by atoms with Gasteiger partial charge in [-0.1, -0.05) is 12.1 Å². The monoisotopic (exact) mass is 716 g/mol. The predicted molar refractivity (Wildman–Crippen MR) is 185 cm³/mol. The summed E-state index contributed by atoms with van der Waals surface area (Å²) in [5.74, 6) is -1.11. The van der Waals surface area contributed by atoms with Crippen molar-refractivity contribution in [1.82, 2.24) is 20.6 Å². The molecule has 14 nitrogen and oxygen atoms in total. The Bertz CT molecular complexity index is 2030. The van der Waals surface area contributed by atoms with Crippen LogP contribution in [-0.2, 0) is 33.1 Å². The van der Waals surface area contributed by atoms with Gasteiger partial charge in [0.25, 0.3) is 31.9 Å². The van der Waals surface area contributed by atoms with Gasteiger partial charge in [-0.05, 0) is 77.9 Å². The fraction of sp³-hybridized carbons (Fsp3) is 0.118. The number of hydrogen-bond donors (Lipinski definition) is 4. The van der Waals surface area contributed by atoms with E-state index in [1.165, 1.54) is 62.8 Å². The summed E-state index contributed by atoms with van der Waals surface area (Å²) in [6, 6.07) is 20.6. The third-order valence-corrected chi connectivity index (χ3v) is 9.98. The molecule has 0 unspecified atom stereocenters. The number of ether oxygens (including phenoxy) is 2. The van der Waals surface area contributed by atoms with Crippen molar-refractivity contribution in [3.8, 4) is 11.5 Å². The zero-order chi connectivity index (χ0) is 35.7. The van der Waals surface area contributed by atoms with Gasteiger partial charge in [0.15, 0.2) is 0 Å². The summed E-state index contributed by atoms with van der Waals surface area (Å²) in [5.41, 5.74) is 2.42. The van der Waals surface area contributed by atoms with Crippen LogP contribution in [0.2, 0.25) is 0 Å². The van der Waals surface area contributed by atoms with Crippen LogP contribution in [0.3, 0.4) is 0 Å². The van der Waals surface area contributed by atoms with Gasteiger partial charge in [0, 0.05) is 66.4 Å². The molecule has 2 heterocycles. The summed E-state index contributed by atoms with van der Waals surface area (Å²) in [6.07, 6.45) is 6.51.